The lowest BCUT2D eigenvalue weighted by atomic mass is 10.1. The molecule has 1 aliphatic rings. The highest BCUT2D eigenvalue weighted by Crippen LogP contribution is 2.29. The van der Waals surface area contributed by atoms with Crippen molar-refractivity contribution in [1.82, 2.24) is 0 Å². The maximum atomic E-state index is 9.62. The molecule has 0 aliphatic carbocycles. The summed E-state index contributed by atoms with van der Waals surface area (Å²) < 4.78 is 32.4. The number of unbranched alkanes of at least 4 members (excludes halogenated alkanes) is 6. The van der Waals surface area contributed by atoms with Gasteiger partial charge < -0.3 is 32.3 Å². The molecule has 39 heavy (non-hydrogen) atoms. The Morgan fingerprint density at radius 1 is 0.821 bits per heavy atom. The van der Waals surface area contributed by atoms with Gasteiger partial charge in [0.25, 0.3) is 0 Å². The topological polar surface area (TPSA) is 86.6 Å². The van der Waals surface area contributed by atoms with E-state index in [0.29, 0.717) is 39.0 Å². The zero-order valence-corrected chi connectivity index (χ0v) is 28.7. The number of hydrogen-bond acceptors (Lipinski definition) is 8. The standard InChI is InChI=1S/C29H62O7SSi2/c1-6-7-8-9-10-12-17-39(35-24-29(5)25-36-39)34-23-28(4)22-33-38(16-13-11-15-37,18-14-26(2)19-30)32-21-27(3)20-31/h26-31,37H,6-25H2,1-5H3. The Morgan fingerprint density at radius 3 is 2.05 bits per heavy atom. The summed E-state index contributed by atoms with van der Waals surface area (Å²) in [5.41, 5.74) is 0. The Morgan fingerprint density at radius 2 is 1.44 bits per heavy atom. The third-order valence-electron chi connectivity index (χ3n) is 7.47. The van der Waals surface area contributed by atoms with Gasteiger partial charge in [0.15, 0.2) is 0 Å². The molecular weight excluding hydrogens is 549 g/mol. The molecule has 0 aromatic heterocycles. The summed E-state index contributed by atoms with van der Waals surface area (Å²) in [5, 5.41) is 19.2. The second-order valence-corrected chi connectivity index (χ2v) is 18.7. The van der Waals surface area contributed by atoms with Gasteiger partial charge in [0.1, 0.15) is 0 Å². The average molecular weight is 611 g/mol. The third-order valence-corrected chi connectivity index (χ3v) is 14.1. The zero-order chi connectivity index (χ0) is 29.0. The zero-order valence-electron chi connectivity index (χ0n) is 25.8. The van der Waals surface area contributed by atoms with Crippen molar-refractivity contribution in [3.63, 3.8) is 0 Å². The summed E-state index contributed by atoms with van der Waals surface area (Å²) in [6.07, 6.45) is 10.3. The van der Waals surface area contributed by atoms with Gasteiger partial charge in [-0.05, 0) is 43.0 Å². The van der Waals surface area contributed by atoms with Crippen LogP contribution in [0.5, 0.6) is 0 Å². The van der Waals surface area contributed by atoms with E-state index in [0.717, 1.165) is 49.6 Å². The molecule has 10 heteroatoms. The van der Waals surface area contributed by atoms with Crippen molar-refractivity contribution in [2.75, 3.05) is 52.0 Å². The quantitative estimate of drug-likeness (QED) is 0.0622. The van der Waals surface area contributed by atoms with Gasteiger partial charge in [-0.15, -0.1) is 0 Å². The van der Waals surface area contributed by atoms with Crippen LogP contribution in [0.4, 0.5) is 0 Å². The Kier molecular flexibility index (Phi) is 21.3. The second-order valence-electron chi connectivity index (χ2n) is 12.2. The summed E-state index contributed by atoms with van der Waals surface area (Å²) in [6.45, 7) is 14.0. The van der Waals surface area contributed by atoms with Crippen molar-refractivity contribution in [2.24, 2.45) is 23.7 Å². The Hall–Kier alpha value is 0.504. The fraction of sp³-hybridized carbons (Fsp3) is 1.00. The molecular formula is C29H62O7SSi2. The van der Waals surface area contributed by atoms with Crippen LogP contribution in [-0.2, 0) is 22.1 Å². The summed E-state index contributed by atoms with van der Waals surface area (Å²) in [6, 6.07) is 2.63. The Bertz CT molecular complexity index is 568. The van der Waals surface area contributed by atoms with E-state index in [1.165, 1.54) is 32.1 Å². The summed E-state index contributed by atoms with van der Waals surface area (Å²) in [7, 11) is -5.22. The monoisotopic (exact) mass is 610 g/mol. The SMILES string of the molecule is CCCCCCCC[Si]1(OCC(C)CO[Si](CCCCS)(CCC(C)CO)OCC(C)CO)OCC(C)CO1. The van der Waals surface area contributed by atoms with Crippen molar-refractivity contribution < 1.29 is 32.3 Å². The first kappa shape index (κ1) is 37.5. The van der Waals surface area contributed by atoms with Gasteiger partial charge in [0, 0.05) is 70.0 Å². The predicted molar refractivity (Wildman–Crippen MR) is 168 cm³/mol. The van der Waals surface area contributed by atoms with E-state index in [-0.39, 0.29) is 31.0 Å². The normalized spacial score (nSPS) is 23.8. The highest BCUT2D eigenvalue weighted by Gasteiger charge is 2.45. The van der Waals surface area contributed by atoms with Gasteiger partial charge in [-0.2, -0.15) is 12.6 Å². The molecule has 0 aromatic carbocycles. The van der Waals surface area contributed by atoms with Crippen molar-refractivity contribution in [3.8, 4) is 0 Å². The lowest BCUT2D eigenvalue weighted by Gasteiger charge is -2.37. The van der Waals surface area contributed by atoms with Crippen LogP contribution in [0, 0.1) is 23.7 Å². The van der Waals surface area contributed by atoms with Gasteiger partial charge in [0.05, 0.1) is 0 Å². The summed E-state index contributed by atoms with van der Waals surface area (Å²) in [5.74, 6) is 1.70. The highest BCUT2D eigenvalue weighted by atomic mass is 32.1. The van der Waals surface area contributed by atoms with Crippen LogP contribution in [-0.4, -0.2) is 79.6 Å². The summed E-state index contributed by atoms with van der Waals surface area (Å²) >= 11 is 4.40. The molecule has 0 saturated carbocycles. The van der Waals surface area contributed by atoms with Gasteiger partial charge in [-0.25, -0.2) is 0 Å². The first-order chi connectivity index (χ1) is 18.7. The lowest BCUT2D eigenvalue weighted by Crippen LogP contribution is -2.52. The molecule has 1 rings (SSSR count). The molecule has 1 heterocycles. The molecule has 4 unspecified atom stereocenters. The van der Waals surface area contributed by atoms with Crippen LogP contribution in [0.3, 0.4) is 0 Å². The molecule has 2 N–H and O–H groups in total. The third kappa shape index (κ3) is 16.7. The van der Waals surface area contributed by atoms with Crippen molar-refractivity contribution in [2.45, 2.75) is 111 Å². The largest absolute Gasteiger partial charge is 0.500 e. The van der Waals surface area contributed by atoms with Crippen LogP contribution < -0.4 is 0 Å². The van der Waals surface area contributed by atoms with E-state index in [1.807, 2.05) is 6.92 Å². The smallest absolute Gasteiger partial charge is 0.396 e. The molecule has 234 valence electrons. The van der Waals surface area contributed by atoms with Crippen molar-refractivity contribution >= 4 is 30.0 Å². The first-order valence-electron chi connectivity index (χ1n) is 15.8. The minimum absolute atomic E-state index is 0.0668. The molecule has 1 saturated heterocycles. The molecule has 0 amide bonds. The number of thiol groups is 1. The molecule has 1 aliphatic heterocycles. The molecule has 4 atom stereocenters. The minimum Gasteiger partial charge on any atom is -0.396 e. The number of hydrogen-bond donors (Lipinski definition) is 3. The van der Waals surface area contributed by atoms with Crippen LogP contribution in [0.15, 0.2) is 0 Å². The molecule has 0 bridgehead atoms. The van der Waals surface area contributed by atoms with Crippen LogP contribution in [0.25, 0.3) is 0 Å². The molecule has 7 nitrogen and oxygen atoms in total. The van der Waals surface area contributed by atoms with Crippen molar-refractivity contribution in [3.05, 3.63) is 0 Å². The predicted octanol–water partition coefficient (Wildman–Crippen LogP) is 6.45. The van der Waals surface area contributed by atoms with Gasteiger partial charge >= 0.3 is 17.4 Å². The van der Waals surface area contributed by atoms with E-state index in [2.05, 4.69) is 40.3 Å². The molecule has 1 fully saturated rings. The Balaban J connectivity index is 2.78. The maximum absolute atomic E-state index is 9.62. The fourth-order valence-corrected chi connectivity index (χ4v) is 11.5. The van der Waals surface area contributed by atoms with E-state index >= 15 is 0 Å². The molecule has 0 aromatic rings. The van der Waals surface area contributed by atoms with Gasteiger partial charge in [-0.3, -0.25) is 0 Å². The van der Waals surface area contributed by atoms with E-state index in [4.69, 9.17) is 22.1 Å². The van der Waals surface area contributed by atoms with Gasteiger partial charge in [0.2, 0.25) is 0 Å². The highest BCUT2D eigenvalue weighted by molar-refractivity contribution is 7.80. The van der Waals surface area contributed by atoms with Gasteiger partial charge in [-0.1, -0.05) is 73.1 Å². The minimum atomic E-state index is -2.67. The first-order valence-corrected chi connectivity index (χ1v) is 20.6. The van der Waals surface area contributed by atoms with Crippen LogP contribution >= 0.6 is 12.6 Å². The lowest BCUT2D eigenvalue weighted by molar-refractivity contribution is -0.0140. The average Bonchev–Trinajstić information content (AvgIpc) is 2.95. The molecule has 0 radical (unpaired) electrons. The Labute approximate surface area is 248 Å². The van der Waals surface area contributed by atoms with E-state index in [9.17, 15) is 10.2 Å². The fourth-order valence-electron chi connectivity index (χ4n) is 4.53. The molecule has 0 spiro atoms. The van der Waals surface area contributed by atoms with Crippen LogP contribution in [0.2, 0.25) is 18.1 Å². The number of aliphatic hydroxyl groups is 2. The summed E-state index contributed by atoms with van der Waals surface area (Å²) in [4.78, 5) is 0. The van der Waals surface area contributed by atoms with E-state index < -0.39 is 17.4 Å². The number of aliphatic hydroxyl groups excluding tert-OH is 2. The van der Waals surface area contributed by atoms with E-state index in [1.54, 1.807) is 0 Å². The number of rotatable bonds is 25. The van der Waals surface area contributed by atoms with Crippen molar-refractivity contribution in [1.29, 1.82) is 0 Å². The van der Waals surface area contributed by atoms with Crippen LogP contribution in [0.1, 0.15) is 92.4 Å². The maximum Gasteiger partial charge on any atom is 0.500 e. The second kappa shape index (κ2) is 22.1.